The van der Waals surface area contributed by atoms with Crippen molar-refractivity contribution in [3.63, 3.8) is 0 Å². The number of nitrogens with one attached hydrogen (secondary N) is 1. The first-order valence-electron chi connectivity index (χ1n) is 8.38. The van der Waals surface area contributed by atoms with Crippen molar-refractivity contribution in [1.82, 2.24) is 10.2 Å². The van der Waals surface area contributed by atoms with E-state index in [9.17, 15) is 9.59 Å². The zero-order chi connectivity index (χ0) is 17.5. The first kappa shape index (κ1) is 18.6. The molecule has 1 saturated carbocycles. The Morgan fingerprint density at radius 3 is 2.50 bits per heavy atom. The number of benzene rings is 1. The minimum atomic E-state index is -0.425. The van der Waals surface area contributed by atoms with Crippen LogP contribution >= 0.6 is 11.6 Å². The minimum Gasteiger partial charge on any atom is -0.492 e. The molecule has 1 aromatic rings. The predicted molar refractivity (Wildman–Crippen MR) is 94.1 cm³/mol. The Labute approximate surface area is 148 Å². The molecule has 0 radical (unpaired) electrons. The van der Waals surface area contributed by atoms with E-state index >= 15 is 0 Å². The summed E-state index contributed by atoms with van der Waals surface area (Å²) in [6.07, 6.45) is 4.23. The lowest BCUT2D eigenvalue weighted by Crippen LogP contribution is -2.51. The van der Waals surface area contributed by atoms with Gasteiger partial charge in [0.1, 0.15) is 18.4 Å². The number of carbonyl (C=O) groups excluding carboxylic acids is 2. The summed E-state index contributed by atoms with van der Waals surface area (Å²) < 4.78 is 5.63. The van der Waals surface area contributed by atoms with Gasteiger partial charge in [0, 0.05) is 19.0 Å². The monoisotopic (exact) mass is 352 g/mol. The molecular weight excluding hydrogens is 328 g/mol. The molecule has 6 heteroatoms. The lowest BCUT2D eigenvalue weighted by Gasteiger charge is -2.28. The first-order chi connectivity index (χ1) is 11.5. The molecule has 0 spiro atoms. The molecule has 0 aliphatic heterocycles. The minimum absolute atomic E-state index is 0.0446. The smallest absolute Gasteiger partial charge is 0.245 e. The third-order valence-corrected chi connectivity index (χ3v) is 4.63. The van der Waals surface area contributed by atoms with E-state index < -0.39 is 6.04 Å². The van der Waals surface area contributed by atoms with E-state index in [0.29, 0.717) is 18.2 Å². The molecule has 1 aromatic carbocycles. The van der Waals surface area contributed by atoms with Crippen molar-refractivity contribution in [3.05, 3.63) is 29.3 Å². The van der Waals surface area contributed by atoms with E-state index in [-0.39, 0.29) is 17.7 Å². The molecule has 1 fully saturated rings. The maximum Gasteiger partial charge on any atom is 0.245 e. The normalized spacial score (nSPS) is 15.8. The summed E-state index contributed by atoms with van der Waals surface area (Å²) in [4.78, 5) is 25.8. The van der Waals surface area contributed by atoms with Gasteiger partial charge in [-0.15, -0.1) is 0 Å². The van der Waals surface area contributed by atoms with Gasteiger partial charge in [-0.3, -0.25) is 9.59 Å². The van der Waals surface area contributed by atoms with Gasteiger partial charge in [-0.1, -0.05) is 24.4 Å². The number of hydrogen-bond acceptors (Lipinski definition) is 3. The van der Waals surface area contributed by atoms with Gasteiger partial charge in [0.25, 0.3) is 0 Å². The highest BCUT2D eigenvalue weighted by Gasteiger charge is 2.32. The summed E-state index contributed by atoms with van der Waals surface area (Å²) in [6, 6.07) is 6.69. The van der Waals surface area contributed by atoms with Gasteiger partial charge in [-0.25, -0.2) is 0 Å². The highest BCUT2D eigenvalue weighted by Crippen LogP contribution is 2.28. The van der Waals surface area contributed by atoms with Crippen LogP contribution in [0.4, 0.5) is 0 Å². The summed E-state index contributed by atoms with van der Waals surface area (Å²) in [5, 5.41) is 3.49. The van der Waals surface area contributed by atoms with E-state index in [1.54, 1.807) is 36.2 Å². The van der Waals surface area contributed by atoms with Crippen molar-refractivity contribution in [2.75, 3.05) is 20.2 Å². The Morgan fingerprint density at radius 2 is 1.92 bits per heavy atom. The van der Waals surface area contributed by atoms with Crippen molar-refractivity contribution < 1.29 is 14.3 Å². The molecule has 0 saturated heterocycles. The third kappa shape index (κ3) is 5.41. The molecule has 1 unspecified atom stereocenters. The van der Waals surface area contributed by atoms with Crippen LogP contribution in [0.1, 0.15) is 32.6 Å². The second-order valence-corrected chi connectivity index (χ2v) is 6.72. The van der Waals surface area contributed by atoms with E-state index in [0.717, 1.165) is 31.4 Å². The summed E-state index contributed by atoms with van der Waals surface area (Å²) in [5.74, 6) is 0.748. The average molecular weight is 353 g/mol. The fraction of sp³-hybridized carbons (Fsp3) is 0.556. The standard InChI is InChI=1S/C18H25ClN2O3/c1-13(22)20-17(14-5-3-4-6-14)18(23)21(2)11-12-24-16-9-7-15(19)8-10-16/h7-10,14,17H,3-6,11-12H2,1-2H3,(H,20,22). The van der Waals surface area contributed by atoms with Gasteiger partial charge in [-0.2, -0.15) is 0 Å². The van der Waals surface area contributed by atoms with Gasteiger partial charge >= 0.3 is 0 Å². The summed E-state index contributed by atoms with van der Waals surface area (Å²) in [5.41, 5.74) is 0. The van der Waals surface area contributed by atoms with Gasteiger partial charge in [0.15, 0.2) is 0 Å². The average Bonchev–Trinajstić information content (AvgIpc) is 3.07. The summed E-state index contributed by atoms with van der Waals surface area (Å²) in [6.45, 7) is 2.31. The fourth-order valence-electron chi connectivity index (χ4n) is 3.07. The quantitative estimate of drug-likeness (QED) is 0.820. The van der Waals surface area contributed by atoms with E-state index in [1.165, 1.54) is 6.92 Å². The van der Waals surface area contributed by atoms with Crippen LogP contribution in [0.3, 0.4) is 0 Å². The van der Waals surface area contributed by atoms with Crippen LogP contribution in [0.25, 0.3) is 0 Å². The van der Waals surface area contributed by atoms with E-state index in [2.05, 4.69) is 5.32 Å². The second kappa shape index (κ2) is 8.92. The summed E-state index contributed by atoms with van der Waals surface area (Å²) in [7, 11) is 1.75. The Morgan fingerprint density at radius 1 is 1.29 bits per heavy atom. The van der Waals surface area contributed by atoms with Crippen LogP contribution in [0, 0.1) is 5.92 Å². The Kier molecular flexibility index (Phi) is 6.91. The van der Waals surface area contributed by atoms with E-state index in [4.69, 9.17) is 16.3 Å². The summed E-state index contributed by atoms with van der Waals surface area (Å²) >= 11 is 5.83. The van der Waals surface area contributed by atoms with Crippen LogP contribution in [-0.2, 0) is 9.59 Å². The number of ether oxygens (including phenoxy) is 1. The van der Waals surface area contributed by atoms with Crippen LogP contribution in [0.5, 0.6) is 5.75 Å². The predicted octanol–water partition coefficient (Wildman–Crippen LogP) is 2.87. The number of halogens is 1. The molecule has 0 bridgehead atoms. The number of amides is 2. The molecule has 2 rings (SSSR count). The zero-order valence-electron chi connectivity index (χ0n) is 14.3. The number of likely N-dealkylation sites (N-methyl/N-ethyl adjacent to an activating group) is 1. The Hall–Kier alpha value is -1.75. The zero-order valence-corrected chi connectivity index (χ0v) is 15.0. The van der Waals surface area contributed by atoms with Crippen LogP contribution < -0.4 is 10.1 Å². The largest absolute Gasteiger partial charge is 0.492 e. The lowest BCUT2D eigenvalue weighted by atomic mass is 9.97. The molecular formula is C18H25ClN2O3. The molecule has 1 atom stereocenters. The topological polar surface area (TPSA) is 58.6 Å². The first-order valence-corrected chi connectivity index (χ1v) is 8.75. The highest BCUT2D eigenvalue weighted by atomic mass is 35.5. The van der Waals surface area contributed by atoms with Crippen molar-refractivity contribution in [1.29, 1.82) is 0 Å². The maximum atomic E-state index is 12.7. The number of hydrogen-bond donors (Lipinski definition) is 1. The molecule has 24 heavy (non-hydrogen) atoms. The van der Waals surface area contributed by atoms with Gasteiger partial charge in [-0.05, 0) is 43.0 Å². The number of rotatable bonds is 7. The van der Waals surface area contributed by atoms with Gasteiger partial charge in [0.05, 0.1) is 6.54 Å². The molecule has 5 nitrogen and oxygen atoms in total. The highest BCUT2D eigenvalue weighted by molar-refractivity contribution is 6.30. The molecule has 0 aromatic heterocycles. The molecule has 132 valence electrons. The number of carbonyl (C=O) groups is 2. The maximum absolute atomic E-state index is 12.7. The van der Waals surface area contributed by atoms with Crippen LogP contribution in [-0.4, -0.2) is 43.0 Å². The van der Waals surface area contributed by atoms with E-state index in [1.807, 2.05) is 0 Å². The molecule has 2 amide bonds. The third-order valence-electron chi connectivity index (χ3n) is 4.38. The molecule has 0 heterocycles. The van der Waals surface area contributed by atoms with Crippen molar-refractivity contribution in [3.8, 4) is 5.75 Å². The Bertz CT molecular complexity index is 556. The second-order valence-electron chi connectivity index (χ2n) is 6.28. The van der Waals surface area contributed by atoms with Gasteiger partial charge < -0.3 is 15.0 Å². The molecule has 1 aliphatic rings. The lowest BCUT2D eigenvalue weighted by molar-refractivity contribution is -0.136. The van der Waals surface area contributed by atoms with Crippen molar-refractivity contribution >= 4 is 23.4 Å². The number of nitrogens with zero attached hydrogens (tertiary/aromatic N) is 1. The van der Waals surface area contributed by atoms with Gasteiger partial charge in [0.2, 0.25) is 11.8 Å². The molecule has 1 aliphatic carbocycles. The van der Waals surface area contributed by atoms with Crippen molar-refractivity contribution in [2.24, 2.45) is 5.92 Å². The van der Waals surface area contributed by atoms with Crippen LogP contribution in [0.15, 0.2) is 24.3 Å². The SMILES string of the molecule is CC(=O)NC(C(=O)N(C)CCOc1ccc(Cl)cc1)C1CCCC1. The Balaban J connectivity index is 1.86. The fourth-order valence-corrected chi connectivity index (χ4v) is 3.20. The van der Waals surface area contributed by atoms with Crippen LogP contribution in [0.2, 0.25) is 5.02 Å². The van der Waals surface area contributed by atoms with Crippen molar-refractivity contribution in [2.45, 2.75) is 38.6 Å². The molecule has 1 N–H and O–H groups in total.